The highest BCUT2D eigenvalue weighted by Gasteiger charge is 2.27. The van der Waals surface area contributed by atoms with Gasteiger partial charge >= 0.3 is 0 Å². The zero-order valence-corrected chi connectivity index (χ0v) is 20.0. The lowest BCUT2D eigenvalue weighted by molar-refractivity contribution is -0.120. The number of ether oxygens (including phenoxy) is 2. The van der Waals surface area contributed by atoms with Crippen LogP contribution in [-0.2, 0) is 21.2 Å². The molecular formula is C26H28N2O5S. The molecule has 0 spiro atoms. The van der Waals surface area contributed by atoms with Crippen LogP contribution in [-0.4, -0.2) is 34.1 Å². The quantitative estimate of drug-likeness (QED) is 0.525. The average Bonchev–Trinajstić information content (AvgIpc) is 2.87. The summed E-state index contributed by atoms with van der Waals surface area (Å²) in [6, 6.07) is 20.5. The molecular weight excluding hydrogens is 452 g/mol. The number of nitrogens with zero attached hydrogens (tertiary/aromatic N) is 1. The van der Waals surface area contributed by atoms with Crippen LogP contribution in [0.2, 0.25) is 0 Å². The molecule has 1 atom stereocenters. The third-order valence-corrected chi connectivity index (χ3v) is 7.48. The number of amides is 1. The van der Waals surface area contributed by atoms with E-state index in [1.165, 1.54) is 12.1 Å². The number of fused-ring (bicyclic) bond motifs is 1. The summed E-state index contributed by atoms with van der Waals surface area (Å²) < 4.78 is 39.2. The van der Waals surface area contributed by atoms with Crippen LogP contribution < -0.4 is 19.1 Å². The fourth-order valence-corrected chi connectivity index (χ4v) is 5.20. The van der Waals surface area contributed by atoms with Crippen molar-refractivity contribution in [3.63, 3.8) is 0 Å². The molecule has 0 unspecified atom stereocenters. The minimum atomic E-state index is -3.95. The van der Waals surface area contributed by atoms with Crippen LogP contribution in [0.15, 0.2) is 77.7 Å². The molecule has 3 aromatic carbocycles. The van der Waals surface area contributed by atoms with Gasteiger partial charge in [0, 0.05) is 0 Å². The number of hydrogen-bond donors (Lipinski definition) is 1. The number of aryl methyl sites for hydroxylation is 1. The molecule has 4 rings (SSSR count). The predicted molar refractivity (Wildman–Crippen MR) is 131 cm³/mol. The Hall–Kier alpha value is -3.52. The van der Waals surface area contributed by atoms with Gasteiger partial charge in [-0.05, 0) is 60.9 Å². The first-order chi connectivity index (χ1) is 16.4. The van der Waals surface area contributed by atoms with Crippen molar-refractivity contribution in [2.45, 2.75) is 31.2 Å². The minimum Gasteiger partial charge on any atom is -0.486 e. The minimum absolute atomic E-state index is 0.127. The summed E-state index contributed by atoms with van der Waals surface area (Å²) in [5.41, 5.74) is 2.35. The lowest BCUT2D eigenvalue weighted by atomic mass is 10.1. The van der Waals surface area contributed by atoms with E-state index in [1.54, 1.807) is 30.3 Å². The van der Waals surface area contributed by atoms with Gasteiger partial charge in [-0.15, -0.1) is 0 Å². The van der Waals surface area contributed by atoms with E-state index in [0.29, 0.717) is 30.4 Å². The van der Waals surface area contributed by atoms with Crippen LogP contribution in [0.5, 0.6) is 11.5 Å². The van der Waals surface area contributed by atoms with Crippen molar-refractivity contribution in [3.8, 4) is 11.5 Å². The van der Waals surface area contributed by atoms with Gasteiger partial charge in [0.2, 0.25) is 5.91 Å². The van der Waals surface area contributed by atoms with Crippen LogP contribution in [0.1, 0.15) is 31.0 Å². The van der Waals surface area contributed by atoms with Gasteiger partial charge in [0.1, 0.15) is 19.8 Å². The smallest absolute Gasteiger partial charge is 0.264 e. The molecule has 0 aromatic heterocycles. The van der Waals surface area contributed by atoms with E-state index in [1.807, 2.05) is 44.2 Å². The van der Waals surface area contributed by atoms with Crippen molar-refractivity contribution in [2.75, 3.05) is 24.1 Å². The number of rotatable bonds is 8. The van der Waals surface area contributed by atoms with Gasteiger partial charge in [0.15, 0.2) is 11.5 Å². The molecule has 0 aliphatic carbocycles. The van der Waals surface area contributed by atoms with E-state index < -0.39 is 15.9 Å². The Morgan fingerprint density at radius 1 is 0.971 bits per heavy atom. The van der Waals surface area contributed by atoms with Gasteiger partial charge < -0.3 is 14.8 Å². The predicted octanol–water partition coefficient (Wildman–Crippen LogP) is 4.09. The topological polar surface area (TPSA) is 84.9 Å². The van der Waals surface area contributed by atoms with E-state index >= 15 is 0 Å². The zero-order valence-electron chi connectivity index (χ0n) is 19.2. The van der Waals surface area contributed by atoms with Crippen LogP contribution in [0.4, 0.5) is 5.69 Å². The molecule has 1 heterocycles. The molecule has 1 aliphatic heterocycles. The fourth-order valence-electron chi connectivity index (χ4n) is 3.76. The number of sulfonamides is 1. The Bertz CT molecular complexity index is 1240. The summed E-state index contributed by atoms with van der Waals surface area (Å²) in [4.78, 5) is 13.2. The van der Waals surface area contributed by atoms with Crippen molar-refractivity contribution in [2.24, 2.45) is 0 Å². The summed E-state index contributed by atoms with van der Waals surface area (Å²) in [5, 5.41) is 2.91. The summed E-state index contributed by atoms with van der Waals surface area (Å²) in [5.74, 6) is 0.889. The number of hydrogen-bond acceptors (Lipinski definition) is 5. The monoisotopic (exact) mass is 480 g/mol. The molecule has 8 heteroatoms. The maximum atomic E-state index is 13.5. The molecule has 0 saturated heterocycles. The van der Waals surface area contributed by atoms with Gasteiger partial charge in [-0.3, -0.25) is 9.10 Å². The molecule has 0 radical (unpaired) electrons. The normalized spacial score (nSPS) is 13.7. The fraction of sp³-hybridized carbons (Fsp3) is 0.269. The zero-order chi connectivity index (χ0) is 24.1. The molecule has 1 amide bonds. The van der Waals surface area contributed by atoms with Crippen molar-refractivity contribution in [1.82, 2.24) is 5.32 Å². The maximum Gasteiger partial charge on any atom is 0.264 e. The molecule has 34 heavy (non-hydrogen) atoms. The van der Waals surface area contributed by atoms with Gasteiger partial charge in [-0.2, -0.15) is 0 Å². The second kappa shape index (κ2) is 10.2. The van der Waals surface area contributed by atoms with Crippen LogP contribution in [0.25, 0.3) is 0 Å². The highest BCUT2D eigenvalue weighted by atomic mass is 32.2. The number of carbonyl (C=O) groups excluding carboxylic acids is 1. The largest absolute Gasteiger partial charge is 0.486 e. The summed E-state index contributed by atoms with van der Waals surface area (Å²) in [7, 11) is -3.95. The van der Waals surface area contributed by atoms with E-state index in [9.17, 15) is 13.2 Å². The Kier molecular flexibility index (Phi) is 7.07. The van der Waals surface area contributed by atoms with Gasteiger partial charge in [0.25, 0.3) is 10.0 Å². The lowest BCUT2D eigenvalue weighted by Crippen LogP contribution is -2.41. The SMILES string of the molecule is CCc1ccc(N(CC(=O)N[C@H](C)c2ccc3c(c2)OCCO3)S(=O)(=O)c2ccccc2)cc1. The first-order valence-corrected chi connectivity index (χ1v) is 12.7. The van der Waals surface area contributed by atoms with Crippen LogP contribution >= 0.6 is 0 Å². The summed E-state index contributed by atoms with van der Waals surface area (Å²) in [6.45, 7) is 4.50. The second-order valence-corrected chi connectivity index (χ2v) is 9.90. The molecule has 0 saturated carbocycles. The summed E-state index contributed by atoms with van der Waals surface area (Å²) in [6.07, 6.45) is 0.833. The van der Waals surface area contributed by atoms with Gasteiger partial charge in [0.05, 0.1) is 16.6 Å². The standard InChI is InChI=1S/C26H28N2O5S/c1-3-20-9-12-22(13-10-20)28(34(30,31)23-7-5-4-6-8-23)18-26(29)27-19(2)21-11-14-24-25(17-21)33-16-15-32-24/h4-14,17,19H,3,15-16,18H2,1-2H3,(H,27,29)/t19-/m1/s1. The average molecular weight is 481 g/mol. The molecule has 178 valence electrons. The lowest BCUT2D eigenvalue weighted by Gasteiger charge is -2.25. The Balaban J connectivity index is 1.56. The molecule has 7 nitrogen and oxygen atoms in total. The third-order valence-electron chi connectivity index (χ3n) is 5.69. The van der Waals surface area contributed by atoms with Crippen LogP contribution in [0.3, 0.4) is 0 Å². The van der Waals surface area contributed by atoms with E-state index in [4.69, 9.17) is 9.47 Å². The number of benzene rings is 3. The highest BCUT2D eigenvalue weighted by Crippen LogP contribution is 2.32. The first kappa shape index (κ1) is 23.6. The van der Waals surface area contributed by atoms with Crippen molar-refractivity contribution >= 4 is 21.6 Å². The molecule has 0 fully saturated rings. The molecule has 1 aliphatic rings. The van der Waals surface area contributed by atoms with E-state index in [2.05, 4.69) is 5.32 Å². The second-order valence-electron chi connectivity index (χ2n) is 8.04. The van der Waals surface area contributed by atoms with Gasteiger partial charge in [-0.25, -0.2) is 8.42 Å². The van der Waals surface area contributed by atoms with Crippen molar-refractivity contribution < 1.29 is 22.7 Å². The molecule has 1 N–H and O–H groups in total. The van der Waals surface area contributed by atoms with Crippen LogP contribution in [0, 0.1) is 0 Å². The third kappa shape index (κ3) is 5.17. The number of nitrogens with one attached hydrogen (secondary N) is 1. The highest BCUT2D eigenvalue weighted by molar-refractivity contribution is 7.92. The van der Waals surface area contributed by atoms with Crippen molar-refractivity contribution in [1.29, 1.82) is 0 Å². The summed E-state index contributed by atoms with van der Waals surface area (Å²) >= 11 is 0. The molecule has 0 bridgehead atoms. The van der Waals surface area contributed by atoms with Gasteiger partial charge in [-0.1, -0.05) is 43.3 Å². The van der Waals surface area contributed by atoms with E-state index in [0.717, 1.165) is 21.9 Å². The van der Waals surface area contributed by atoms with Crippen molar-refractivity contribution in [3.05, 3.63) is 83.9 Å². The maximum absolute atomic E-state index is 13.5. The number of anilines is 1. The number of carbonyl (C=O) groups is 1. The first-order valence-electron chi connectivity index (χ1n) is 11.2. The molecule has 3 aromatic rings. The Morgan fingerprint density at radius 2 is 1.65 bits per heavy atom. The van der Waals surface area contributed by atoms with E-state index in [-0.39, 0.29) is 17.5 Å². The Morgan fingerprint density at radius 3 is 2.32 bits per heavy atom. The Labute approximate surface area is 200 Å².